The maximum atomic E-state index is 6.12. The highest BCUT2D eigenvalue weighted by molar-refractivity contribution is 6.29. The molecule has 1 spiro atoms. The highest BCUT2D eigenvalue weighted by Gasteiger charge is 2.36. The minimum Gasteiger partial charge on any atom is -0.356 e. The van der Waals surface area contributed by atoms with Gasteiger partial charge >= 0.3 is 0 Å². The molecule has 0 unspecified atom stereocenters. The average Bonchev–Trinajstić information content (AvgIpc) is 2.96. The van der Waals surface area contributed by atoms with Gasteiger partial charge in [-0.05, 0) is 31.1 Å². The standard InChI is InChI=1S/C15H20ClN5/c16-12-10-13(21-14(19-12)17-11-18-21)20-8-6-15(7-9-20)4-2-1-3-5-15/h10-11H,1-9H2. The molecule has 2 aromatic heterocycles. The van der Waals surface area contributed by atoms with Crippen LogP contribution in [-0.4, -0.2) is 32.7 Å². The first kappa shape index (κ1) is 13.3. The van der Waals surface area contributed by atoms with E-state index in [1.807, 2.05) is 6.07 Å². The van der Waals surface area contributed by atoms with Gasteiger partial charge in [0.2, 0.25) is 0 Å². The van der Waals surface area contributed by atoms with Crippen LogP contribution in [0.5, 0.6) is 0 Å². The van der Waals surface area contributed by atoms with E-state index in [4.69, 9.17) is 11.6 Å². The molecule has 1 aliphatic heterocycles. The van der Waals surface area contributed by atoms with Crippen molar-refractivity contribution in [2.24, 2.45) is 5.41 Å². The third-order valence-electron chi connectivity index (χ3n) is 5.26. The number of fused-ring (bicyclic) bond motifs is 1. The molecule has 0 radical (unpaired) electrons. The van der Waals surface area contributed by atoms with Crippen molar-refractivity contribution in [3.63, 3.8) is 0 Å². The number of nitrogens with zero attached hydrogens (tertiary/aromatic N) is 5. The van der Waals surface area contributed by atoms with Crippen LogP contribution in [0.1, 0.15) is 44.9 Å². The second-order valence-corrected chi connectivity index (χ2v) is 6.84. The van der Waals surface area contributed by atoms with Crippen LogP contribution in [0.3, 0.4) is 0 Å². The van der Waals surface area contributed by atoms with Gasteiger partial charge in [-0.15, -0.1) is 0 Å². The van der Waals surface area contributed by atoms with Gasteiger partial charge in [0, 0.05) is 19.2 Å². The number of piperidine rings is 1. The Bertz CT molecular complexity index is 637. The molecular weight excluding hydrogens is 286 g/mol. The van der Waals surface area contributed by atoms with Gasteiger partial charge in [-0.25, -0.2) is 0 Å². The molecule has 2 aliphatic rings. The minimum atomic E-state index is 0.489. The summed E-state index contributed by atoms with van der Waals surface area (Å²) in [7, 11) is 0. The van der Waals surface area contributed by atoms with Crippen LogP contribution in [0, 0.1) is 5.41 Å². The van der Waals surface area contributed by atoms with Gasteiger partial charge in [-0.1, -0.05) is 30.9 Å². The van der Waals surface area contributed by atoms with E-state index in [1.54, 1.807) is 4.52 Å². The molecule has 1 aliphatic carbocycles. The van der Waals surface area contributed by atoms with Crippen LogP contribution < -0.4 is 4.90 Å². The van der Waals surface area contributed by atoms with Crippen molar-refractivity contribution < 1.29 is 0 Å². The second-order valence-electron chi connectivity index (χ2n) is 6.46. The lowest BCUT2D eigenvalue weighted by molar-refractivity contribution is 0.144. The van der Waals surface area contributed by atoms with Gasteiger partial charge in [0.15, 0.2) is 0 Å². The summed E-state index contributed by atoms with van der Waals surface area (Å²) in [6.07, 6.45) is 11.2. The normalized spacial score (nSPS) is 22.0. The lowest BCUT2D eigenvalue weighted by atomic mass is 9.68. The Balaban J connectivity index is 1.58. The zero-order valence-corrected chi connectivity index (χ0v) is 12.9. The van der Waals surface area contributed by atoms with Gasteiger partial charge in [-0.3, -0.25) is 0 Å². The molecule has 0 N–H and O–H groups in total. The Labute approximate surface area is 129 Å². The van der Waals surface area contributed by atoms with Crippen molar-refractivity contribution in [1.29, 1.82) is 0 Å². The van der Waals surface area contributed by atoms with E-state index in [0.29, 0.717) is 16.3 Å². The molecular formula is C15H20ClN5. The maximum absolute atomic E-state index is 6.12. The summed E-state index contributed by atoms with van der Waals surface area (Å²) in [6.45, 7) is 2.16. The monoisotopic (exact) mass is 305 g/mol. The molecule has 0 amide bonds. The van der Waals surface area contributed by atoms with E-state index in [2.05, 4.69) is 20.0 Å². The molecule has 112 valence electrons. The number of hydrogen-bond acceptors (Lipinski definition) is 4. The summed E-state index contributed by atoms with van der Waals surface area (Å²) >= 11 is 6.12. The molecule has 6 heteroatoms. The molecule has 2 fully saturated rings. The third kappa shape index (κ3) is 2.37. The molecule has 0 atom stereocenters. The van der Waals surface area contributed by atoms with Gasteiger partial charge in [0.05, 0.1) is 0 Å². The van der Waals surface area contributed by atoms with Crippen molar-refractivity contribution in [2.45, 2.75) is 44.9 Å². The Hall–Kier alpha value is -1.36. The molecule has 0 aromatic carbocycles. The summed E-state index contributed by atoms with van der Waals surface area (Å²) in [5.74, 6) is 1.60. The number of aromatic nitrogens is 4. The fourth-order valence-electron chi connectivity index (χ4n) is 4.01. The maximum Gasteiger partial charge on any atom is 0.255 e. The van der Waals surface area contributed by atoms with Gasteiger partial charge < -0.3 is 4.90 Å². The topological polar surface area (TPSA) is 46.3 Å². The van der Waals surface area contributed by atoms with Crippen molar-refractivity contribution in [2.75, 3.05) is 18.0 Å². The summed E-state index contributed by atoms with van der Waals surface area (Å²) in [5.41, 5.74) is 0.604. The molecule has 21 heavy (non-hydrogen) atoms. The largest absolute Gasteiger partial charge is 0.356 e. The van der Waals surface area contributed by atoms with Crippen LogP contribution in [0.15, 0.2) is 12.4 Å². The Morgan fingerprint density at radius 2 is 1.81 bits per heavy atom. The van der Waals surface area contributed by atoms with Crippen LogP contribution >= 0.6 is 11.6 Å². The first-order valence-electron chi connectivity index (χ1n) is 7.87. The summed E-state index contributed by atoms with van der Waals surface area (Å²) in [4.78, 5) is 10.7. The highest BCUT2D eigenvalue weighted by Crippen LogP contribution is 2.45. The number of rotatable bonds is 1. The van der Waals surface area contributed by atoms with Crippen molar-refractivity contribution in [1.82, 2.24) is 19.6 Å². The van der Waals surface area contributed by atoms with Crippen molar-refractivity contribution in [3.8, 4) is 0 Å². The van der Waals surface area contributed by atoms with Crippen LogP contribution in [0.4, 0.5) is 5.82 Å². The quantitative estimate of drug-likeness (QED) is 0.758. The Morgan fingerprint density at radius 1 is 1.05 bits per heavy atom. The predicted molar refractivity (Wildman–Crippen MR) is 82.8 cm³/mol. The van der Waals surface area contributed by atoms with E-state index >= 15 is 0 Å². The fraction of sp³-hybridized carbons (Fsp3) is 0.667. The SMILES string of the molecule is Clc1cc(N2CCC3(CCCCC3)CC2)n2ncnc2n1. The smallest absolute Gasteiger partial charge is 0.255 e. The first-order chi connectivity index (χ1) is 10.3. The van der Waals surface area contributed by atoms with Gasteiger partial charge in [-0.2, -0.15) is 19.6 Å². The highest BCUT2D eigenvalue weighted by atomic mass is 35.5. The van der Waals surface area contributed by atoms with E-state index in [-0.39, 0.29) is 0 Å². The lowest BCUT2D eigenvalue weighted by Gasteiger charge is -2.44. The van der Waals surface area contributed by atoms with Gasteiger partial charge in [0.25, 0.3) is 5.78 Å². The predicted octanol–water partition coefficient (Wildman–Crippen LogP) is 3.33. The number of anilines is 1. The van der Waals surface area contributed by atoms with E-state index in [1.165, 1.54) is 51.3 Å². The van der Waals surface area contributed by atoms with E-state index in [0.717, 1.165) is 18.9 Å². The van der Waals surface area contributed by atoms with Crippen LogP contribution in [0.2, 0.25) is 5.15 Å². The molecule has 0 bridgehead atoms. The van der Waals surface area contributed by atoms with Crippen molar-refractivity contribution >= 4 is 23.2 Å². The molecule has 5 nitrogen and oxygen atoms in total. The number of halogens is 1. The van der Waals surface area contributed by atoms with Crippen LogP contribution in [-0.2, 0) is 0 Å². The first-order valence-corrected chi connectivity index (χ1v) is 8.25. The van der Waals surface area contributed by atoms with E-state index in [9.17, 15) is 0 Å². The van der Waals surface area contributed by atoms with Crippen LogP contribution in [0.25, 0.3) is 5.78 Å². The zero-order valence-electron chi connectivity index (χ0n) is 12.1. The zero-order chi connectivity index (χ0) is 14.3. The molecule has 3 heterocycles. The van der Waals surface area contributed by atoms with Gasteiger partial charge in [0.1, 0.15) is 17.3 Å². The van der Waals surface area contributed by atoms with Crippen molar-refractivity contribution in [3.05, 3.63) is 17.5 Å². The lowest BCUT2D eigenvalue weighted by Crippen LogP contribution is -2.41. The summed E-state index contributed by atoms with van der Waals surface area (Å²) < 4.78 is 1.80. The molecule has 1 saturated heterocycles. The average molecular weight is 306 g/mol. The Morgan fingerprint density at radius 3 is 2.57 bits per heavy atom. The third-order valence-corrected chi connectivity index (χ3v) is 5.46. The van der Waals surface area contributed by atoms with E-state index < -0.39 is 0 Å². The molecule has 2 aromatic rings. The summed E-state index contributed by atoms with van der Waals surface area (Å²) in [5, 5.41) is 4.77. The molecule has 4 rings (SSSR count). The summed E-state index contributed by atoms with van der Waals surface area (Å²) in [6, 6.07) is 1.90. The number of hydrogen-bond donors (Lipinski definition) is 0. The second kappa shape index (κ2) is 5.13. The Kier molecular flexibility index (Phi) is 3.25. The minimum absolute atomic E-state index is 0.489. The fourth-order valence-corrected chi connectivity index (χ4v) is 4.18. The molecule has 1 saturated carbocycles.